The second-order valence-electron chi connectivity index (χ2n) is 5.70. The van der Waals surface area contributed by atoms with Gasteiger partial charge in [-0.3, -0.25) is 9.88 Å². The first-order valence-corrected chi connectivity index (χ1v) is 7.38. The van der Waals surface area contributed by atoms with Gasteiger partial charge in [-0.15, -0.1) is 0 Å². The Balaban J connectivity index is 1.72. The van der Waals surface area contributed by atoms with Crippen molar-refractivity contribution in [2.45, 2.75) is 31.5 Å². The van der Waals surface area contributed by atoms with Crippen LogP contribution in [0.4, 0.5) is 8.78 Å². The van der Waals surface area contributed by atoms with Crippen LogP contribution in [0, 0.1) is 11.6 Å². The Morgan fingerprint density at radius 1 is 1.09 bits per heavy atom. The molecule has 1 aromatic heterocycles. The summed E-state index contributed by atoms with van der Waals surface area (Å²) in [7, 11) is 0. The third kappa shape index (κ3) is 3.31. The molecule has 0 bridgehead atoms. The molecule has 1 aromatic carbocycles. The lowest BCUT2D eigenvalue weighted by Gasteiger charge is -2.26. The summed E-state index contributed by atoms with van der Waals surface area (Å²) in [4.78, 5) is 6.11. The topological polar surface area (TPSA) is 36.4 Å². The maximum absolute atomic E-state index is 13.3. The van der Waals surface area contributed by atoms with Crippen molar-refractivity contribution in [3.63, 3.8) is 0 Å². The number of pyridine rings is 1. The molecule has 0 spiro atoms. The molecule has 2 heterocycles. The molecule has 1 N–H and O–H groups in total. The van der Waals surface area contributed by atoms with Crippen molar-refractivity contribution in [1.29, 1.82) is 0 Å². The highest BCUT2D eigenvalue weighted by Gasteiger charge is 2.32. The summed E-state index contributed by atoms with van der Waals surface area (Å²) in [5.74, 6) is -1.67. The highest BCUT2D eigenvalue weighted by atomic mass is 19.2. The molecular weight excluding hydrogens is 286 g/mol. The third-order valence-corrected chi connectivity index (χ3v) is 4.19. The summed E-state index contributed by atoms with van der Waals surface area (Å²) in [6.45, 7) is 1.25. The zero-order valence-corrected chi connectivity index (χ0v) is 12.1. The highest BCUT2D eigenvalue weighted by Crippen LogP contribution is 2.24. The number of rotatable bonds is 4. The minimum absolute atomic E-state index is 0.0180. The van der Waals surface area contributed by atoms with Gasteiger partial charge in [0, 0.05) is 31.5 Å². The summed E-state index contributed by atoms with van der Waals surface area (Å²) < 4.78 is 26.3. The van der Waals surface area contributed by atoms with Crippen molar-refractivity contribution >= 4 is 0 Å². The number of hydrogen-bond acceptors (Lipinski definition) is 3. The first kappa shape index (κ1) is 15.1. The molecule has 1 aliphatic heterocycles. The van der Waals surface area contributed by atoms with Crippen LogP contribution < -0.4 is 0 Å². The van der Waals surface area contributed by atoms with E-state index in [-0.39, 0.29) is 6.04 Å². The maximum atomic E-state index is 13.3. The average molecular weight is 304 g/mol. The third-order valence-electron chi connectivity index (χ3n) is 4.19. The van der Waals surface area contributed by atoms with E-state index in [1.165, 1.54) is 6.07 Å². The summed E-state index contributed by atoms with van der Waals surface area (Å²) in [5, 5.41) is 10.2. The van der Waals surface area contributed by atoms with Crippen molar-refractivity contribution in [1.82, 2.24) is 9.88 Å². The molecule has 2 atom stereocenters. The second kappa shape index (κ2) is 6.50. The van der Waals surface area contributed by atoms with Crippen LogP contribution in [0.2, 0.25) is 0 Å². The van der Waals surface area contributed by atoms with Crippen LogP contribution >= 0.6 is 0 Å². The van der Waals surface area contributed by atoms with E-state index < -0.39 is 17.7 Å². The fourth-order valence-electron chi connectivity index (χ4n) is 2.99. The summed E-state index contributed by atoms with van der Waals surface area (Å²) in [6.07, 6.45) is 4.47. The summed E-state index contributed by atoms with van der Waals surface area (Å²) in [5.41, 5.74) is 1.82. The van der Waals surface area contributed by atoms with E-state index in [9.17, 15) is 13.9 Å². The minimum Gasteiger partial charge on any atom is -0.391 e. The zero-order chi connectivity index (χ0) is 15.5. The fraction of sp³-hybridized carbons (Fsp3) is 0.353. The van der Waals surface area contributed by atoms with Gasteiger partial charge in [0.2, 0.25) is 0 Å². The molecular formula is C17H18F2N2O. The van der Waals surface area contributed by atoms with E-state index in [4.69, 9.17) is 0 Å². The molecule has 5 heteroatoms. The number of aliphatic hydroxyl groups is 1. The molecule has 0 amide bonds. The molecule has 3 rings (SSSR count). The van der Waals surface area contributed by atoms with Crippen molar-refractivity contribution < 1.29 is 13.9 Å². The normalized spacial score (nSPS) is 22.1. The number of benzene rings is 1. The van der Waals surface area contributed by atoms with Gasteiger partial charge in [-0.2, -0.15) is 0 Å². The van der Waals surface area contributed by atoms with Crippen molar-refractivity contribution in [2.75, 3.05) is 6.54 Å². The van der Waals surface area contributed by atoms with E-state index in [0.717, 1.165) is 18.2 Å². The smallest absolute Gasteiger partial charge is 0.159 e. The van der Waals surface area contributed by atoms with Gasteiger partial charge >= 0.3 is 0 Å². The Labute approximate surface area is 128 Å². The Hall–Kier alpha value is -1.85. The van der Waals surface area contributed by atoms with Gasteiger partial charge in [0.15, 0.2) is 11.6 Å². The van der Waals surface area contributed by atoms with E-state index in [1.807, 2.05) is 12.1 Å². The number of aromatic nitrogens is 1. The van der Waals surface area contributed by atoms with E-state index in [2.05, 4.69) is 9.88 Å². The summed E-state index contributed by atoms with van der Waals surface area (Å²) in [6, 6.07) is 7.81. The molecule has 3 nitrogen and oxygen atoms in total. The largest absolute Gasteiger partial charge is 0.391 e. The van der Waals surface area contributed by atoms with Gasteiger partial charge in [-0.1, -0.05) is 6.07 Å². The molecule has 1 saturated heterocycles. The van der Waals surface area contributed by atoms with Gasteiger partial charge in [0.1, 0.15) is 0 Å². The molecule has 1 fully saturated rings. The van der Waals surface area contributed by atoms with E-state index in [0.29, 0.717) is 24.9 Å². The number of likely N-dealkylation sites (tertiary alicyclic amines) is 1. The van der Waals surface area contributed by atoms with Gasteiger partial charge in [0.05, 0.1) is 6.10 Å². The molecule has 0 aliphatic carbocycles. The van der Waals surface area contributed by atoms with E-state index >= 15 is 0 Å². The van der Waals surface area contributed by atoms with Crippen molar-refractivity contribution in [3.8, 4) is 0 Å². The highest BCUT2D eigenvalue weighted by molar-refractivity contribution is 5.19. The van der Waals surface area contributed by atoms with Crippen molar-refractivity contribution in [3.05, 3.63) is 65.5 Å². The van der Waals surface area contributed by atoms with Crippen LogP contribution in [0.1, 0.15) is 17.5 Å². The second-order valence-corrected chi connectivity index (χ2v) is 5.70. The number of hydrogen-bond donors (Lipinski definition) is 1. The summed E-state index contributed by atoms with van der Waals surface area (Å²) >= 11 is 0. The zero-order valence-electron chi connectivity index (χ0n) is 12.1. The molecule has 0 radical (unpaired) electrons. The lowest BCUT2D eigenvalue weighted by atomic mass is 10.0. The number of halogens is 2. The maximum Gasteiger partial charge on any atom is 0.159 e. The quantitative estimate of drug-likeness (QED) is 0.943. The first-order valence-electron chi connectivity index (χ1n) is 7.38. The average Bonchev–Trinajstić information content (AvgIpc) is 2.85. The van der Waals surface area contributed by atoms with Crippen LogP contribution in [0.15, 0.2) is 42.7 Å². The van der Waals surface area contributed by atoms with Crippen LogP contribution in [0.5, 0.6) is 0 Å². The van der Waals surface area contributed by atoms with Crippen LogP contribution in [-0.2, 0) is 13.0 Å². The van der Waals surface area contributed by atoms with Gasteiger partial charge in [-0.05, 0) is 48.2 Å². The Bertz CT molecular complexity index is 636. The molecule has 0 saturated carbocycles. The minimum atomic E-state index is -0.835. The molecule has 2 aromatic rings. The standard InChI is InChI=1S/C17H18F2N2O/c18-14-2-1-13(9-15(14)19)11-21-8-5-17(22)16(21)10-12-3-6-20-7-4-12/h1-4,6-7,9,16-17,22H,5,8,10-11H2/t16-,17-/m0/s1. The number of nitrogens with zero attached hydrogens (tertiary/aromatic N) is 2. The van der Waals surface area contributed by atoms with Crippen LogP contribution in [0.3, 0.4) is 0 Å². The first-order chi connectivity index (χ1) is 10.6. The Kier molecular flexibility index (Phi) is 4.45. The number of aliphatic hydroxyl groups excluding tert-OH is 1. The fourth-order valence-corrected chi connectivity index (χ4v) is 2.99. The van der Waals surface area contributed by atoms with Gasteiger partial charge in [0.25, 0.3) is 0 Å². The Morgan fingerprint density at radius 2 is 1.86 bits per heavy atom. The van der Waals surface area contributed by atoms with Crippen molar-refractivity contribution in [2.24, 2.45) is 0 Å². The molecule has 1 aliphatic rings. The lowest BCUT2D eigenvalue weighted by Crippen LogP contribution is -2.36. The molecule has 116 valence electrons. The van der Waals surface area contributed by atoms with Gasteiger partial charge < -0.3 is 5.11 Å². The van der Waals surface area contributed by atoms with Crippen LogP contribution in [0.25, 0.3) is 0 Å². The van der Waals surface area contributed by atoms with Crippen LogP contribution in [-0.4, -0.2) is 33.7 Å². The molecule has 0 unspecified atom stereocenters. The monoisotopic (exact) mass is 304 g/mol. The lowest BCUT2D eigenvalue weighted by molar-refractivity contribution is 0.112. The Morgan fingerprint density at radius 3 is 2.59 bits per heavy atom. The SMILES string of the molecule is O[C@H]1CCN(Cc2ccc(F)c(F)c2)[C@H]1Cc1ccncc1. The molecule has 22 heavy (non-hydrogen) atoms. The van der Waals surface area contributed by atoms with Gasteiger partial charge in [-0.25, -0.2) is 8.78 Å². The van der Waals surface area contributed by atoms with E-state index in [1.54, 1.807) is 18.5 Å². The predicted octanol–water partition coefficient (Wildman–Crippen LogP) is 2.54. The predicted molar refractivity (Wildman–Crippen MR) is 79.1 cm³/mol.